The van der Waals surface area contributed by atoms with Crippen LogP contribution in [0.4, 0.5) is 5.13 Å². The first kappa shape index (κ1) is 30.0. The average Bonchev–Trinajstić information content (AvgIpc) is 3.45. The third-order valence-electron chi connectivity index (χ3n) is 6.33. The number of hydrogen-bond acceptors (Lipinski definition) is 12. The van der Waals surface area contributed by atoms with E-state index in [1.165, 1.54) is 16.7 Å². The van der Waals surface area contributed by atoms with Crippen molar-refractivity contribution in [1.29, 1.82) is 0 Å². The van der Waals surface area contributed by atoms with Gasteiger partial charge >= 0.3 is 11.9 Å². The number of carbonyl (C=O) groups excluding carboxylic acids is 3. The Morgan fingerprint density at radius 1 is 1.14 bits per heavy atom. The number of nitrogen functional groups attached to an aromatic ring is 1. The van der Waals surface area contributed by atoms with Gasteiger partial charge in [0.15, 0.2) is 11.2 Å². The van der Waals surface area contributed by atoms with Crippen LogP contribution in [0.3, 0.4) is 0 Å². The van der Waals surface area contributed by atoms with Crippen molar-refractivity contribution in [3.8, 4) is 0 Å². The van der Waals surface area contributed by atoms with Gasteiger partial charge in [-0.25, -0.2) is 9.59 Å². The van der Waals surface area contributed by atoms with Gasteiger partial charge in [-0.2, -0.15) is 9.36 Å². The third kappa shape index (κ3) is 6.48. The molecule has 0 spiro atoms. The molecule has 0 radical (unpaired) electrons. The summed E-state index contributed by atoms with van der Waals surface area (Å²) in [4.78, 5) is 61.0. The molecule has 0 aliphatic carbocycles. The highest BCUT2D eigenvalue weighted by molar-refractivity contribution is 8.00. The van der Waals surface area contributed by atoms with Crippen LogP contribution in [0.1, 0.15) is 23.1 Å². The number of nitrogens with two attached hydrogens (primary N) is 1. The first-order valence-electron chi connectivity index (χ1n) is 12.6. The van der Waals surface area contributed by atoms with E-state index < -0.39 is 53.6 Å². The van der Waals surface area contributed by atoms with Gasteiger partial charge in [0.2, 0.25) is 18.1 Å². The molecule has 43 heavy (non-hydrogen) atoms. The zero-order chi connectivity index (χ0) is 30.5. The van der Waals surface area contributed by atoms with E-state index in [2.05, 4.69) is 19.8 Å². The summed E-state index contributed by atoms with van der Waals surface area (Å²) in [7, 11) is 0. The predicted octanol–water partition coefficient (Wildman–Crippen LogP) is 2.15. The van der Waals surface area contributed by atoms with Gasteiger partial charge in [0.1, 0.15) is 17.1 Å². The minimum absolute atomic E-state index is 0.0130. The second kappa shape index (κ2) is 13.2. The maximum Gasteiger partial charge on any atom is 0.356 e. The summed E-state index contributed by atoms with van der Waals surface area (Å²) in [6, 6.07) is 17.3. The number of carboxylic acids is 1. The zero-order valence-corrected chi connectivity index (χ0v) is 24.5. The Morgan fingerprint density at radius 2 is 1.79 bits per heavy atom. The van der Waals surface area contributed by atoms with Crippen LogP contribution in [0.25, 0.3) is 0 Å². The van der Waals surface area contributed by atoms with Gasteiger partial charge in [0, 0.05) is 23.2 Å². The summed E-state index contributed by atoms with van der Waals surface area (Å²) < 4.78 is 9.94. The minimum Gasteiger partial charge on any atom is -0.479 e. The SMILES string of the molecule is Nc1nc(C(=NOCC(=O)O)C(=O)N[C@@H]2C(=O)N3C(C(=O)OC(c4ccccc4)c4ccccc4)=C(CCl)CS[C@@H]23)ns1. The number of aromatic nitrogens is 2. The number of aliphatic carboxylic acids is 1. The van der Waals surface area contributed by atoms with Gasteiger partial charge in [-0.3, -0.25) is 14.5 Å². The Morgan fingerprint density at radius 3 is 2.35 bits per heavy atom. The highest BCUT2D eigenvalue weighted by atomic mass is 35.5. The molecule has 5 rings (SSSR count). The lowest BCUT2D eigenvalue weighted by molar-refractivity contribution is -0.154. The van der Waals surface area contributed by atoms with Gasteiger partial charge in [0.05, 0.1) is 0 Å². The molecule has 3 aromatic rings. The van der Waals surface area contributed by atoms with Crippen LogP contribution in [0.5, 0.6) is 0 Å². The second-order valence-electron chi connectivity index (χ2n) is 9.12. The number of carboxylic acid groups (broad SMARTS) is 1. The van der Waals surface area contributed by atoms with Crippen LogP contribution in [-0.2, 0) is 28.8 Å². The van der Waals surface area contributed by atoms with E-state index in [4.69, 9.17) is 32.0 Å². The molecule has 3 heterocycles. The highest BCUT2D eigenvalue weighted by Crippen LogP contribution is 2.42. The number of benzene rings is 2. The zero-order valence-electron chi connectivity index (χ0n) is 22.1. The lowest BCUT2D eigenvalue weighted by atomic mass is 10.0. The second-order valence-corrected chi connectivity index (χ2v) is 11.3. The number of anilines is 1. The van der Waals surface area contributed by atoms with E-state index in [1.807, 2.05) is 60.7 Å². The van der Waals surface area contributed by atoms with Crippen molar-refractivity contribution < 1.29 is 33.9 Å². The normalized spacial score (nSPS) is 18.1. The van der Waals surface area contributed by atoms with E-state index in [0.717, 1.165) is 22.7 Å². The summed E-state index contributed by atoms with van der Waals surface area (Å²) in [5.74, 6) is -3.43. The van der Waals surface area contributed by atoms with Gasteiger partial charge in [-0.05, 0) is 16.7 Å². The average molecular weight is 643 g/mol. The van der Waals surface area contributed by atoms with E-state index in [9.17, 15) is 19.2 Å². The van der Waals surface area contributed by atoms with Gasteiger partial charge < -0.3 is 25.7 Å². The number of nitrogens with zero attached hydrogens (tertiary/aromatic N) is 4. The number of carbonyl (C=O) groups is 4. The Hall–Kier alpha value is -4.47. The molecule has 0 unspecified atom stereocenters. The van der Waals surface area contributed by atoms with Crippen molar-refractivity contribution in [2.45, 2.75) is 17.5 Å². The van der Waals surface area contributed by atoms with E-state index >= 15 is 0 Å². The number of thioether (sulfide) groups is 1. The van der Waals surface area contributed by atoms with Gasteiger partial charge in [-0.15, -0.1) is 23.4 Å². The van der Waals surface area contributed by atoms with Crippen LogP contribution >= 0.6 is 34.9 Å². The number of alkyl halides is 1. The molecule has 13 nitrogen and oxygen atoms in total. The molecular formula is C27H23ClN6O7S2. The number of oxime groups is 1. The number of amides is 2. The number of fused-ring (bicyclic) bond motifs is 1. The Balaban J connectivity index is 1.36. The molecule has 2 amide bonds. The molecular weight excluding hydrogens is 620 g/mol. The minimum atomic E-state index is -1.32. The van der Waals surface area contributed by atoms with Gasteiger partial charge in [0.25, 0.3) is 11.8 Å². The Kier molecular flexibility index (Phi) is 9.23. The third-order valence-corrected chi connectivity index (χ3v) is 8.54. The number of β-lactam (4-membered cyclic amide) rings is 1. The fourth-order valence-corrected chi connectivity index (χ4v) is 6.51. The van der Waals surface area contributed by atoms with Crippen molar-refractivity contribution >= 4 is 69.5 Å². The number of ether oxygens (including phenoxy) is 1. The maximum absolute atomic E-state index is 13.7. The number of nitrogens with one attached hydrogen (secondary N) is 1. The topological polar surface area (TPSA) is 186 Å². The Bertz CT molecular complexity index is 1560. The van der Waals surface area contributed by atoms with Crippen LogP contribution in [0, 0.1) is 0 Å². The molecule has 0 bridgehead atoms. The van der Waals surface area contributed by atoms with Crippen LogP contribution in [0.2, 0.25) is 0 Å². The van der Waals surface area contributed by atoms with Crippen molar-refractivity contribution in [2.24, 2.45) is 5.16 Å². The van der Waals surface area contributed by atoms with E-state index in [-0.39, 0.29) is 22.5 Å². The van der Waals surface area contributed by atoms with Crippen LogP contribution in [0.15, 0.2) is 77.1 Å². The number of rotatable bonds is 11. The summed E-state index contributed by atoms with van der Waals surface area (Å²) in [5, 5.41) is 14.3. The largest absolute Gasteiger partial charge is 0.479 e. The predicted molar refractivity (Wildman–Crippen MR) is 158 cm³/mol. The first-order chi connectivity index (χ1) is 20.8. The van der Waals surface area contributed by atoms with Gasteiger partial charge in [-0.1, -0.05) is 65.8 Å². The number of hydrogen-bond donors (Lipinski definition) is 3. The molecule has 1 saturated heterocycles. The first-order valence-corrected chi connectivity index (χ1v) is 15.0. The molecule has 2 aliphatic heterocycles. The summed E-state index contributed by atoms with van der Waals surface area (Å²) in [6.07, 6.45) is -0.749. The fraction of sp³-hybridized carbons (Fsp3) is 0.222. The molecule has 4 N–H and O–H groups in total. The standard InChI is InChI=1S/C27H23ClN6O7S2/c28-11-16-13-42-25-19(30-23(37)18(32-40-12-17(35)36)22-31-27(29)43-33-22)24(38)34(25)20(16)26(39)41-21(14-7-3-1-4-8-14)15-9-5-2-6-10-15/h1-10,19,21,25H,11-13H2,(H,30,37)(H,35,36)(H2,29,31,33)/t19-,25+/m1/s1. The molecule has 2 aromatic carbocycles. The smallest absolute Gasteiger partial charge is 0.356 e. The summed E-state index contributed by atoms with van der Waals surface area (Å²) >= 11 is 8.29. The highest BCUT2D eigenvalue weighted by Gasteiger charge is 2.55. The monoisotopic (exact) mass is 642 g/mol. The van der Waals surface area contributed by atoms with E-state index in [1.54, 1.807) is 0 Å². The molecule has 222 valence electrons. The van der Waals surface area contributed by atoms with E-state index in [0.29, 0.717) is 11.3 Å². The molecule has 0 saturated carbocycles. The lowest BCUT2D eigenvalue weighted by Crippen LogP contribution is -2.71. The molecule has 2 aliphatic rings. The molecule has 2 atom stereocenters. The van der Waals surface area contributed by atoms with Crippen LogP contribution < -0.4 is 11.1 Å². The summed E-state index contributed by atoms with van der Waals surface area (Å²) in [6.45, 7) is -0.824. The molecule has 16 heteroatoms. The number of esters is 1. The van der Waals surface area contributed by atoms with Crippen molar-refractivity contribution in [3.05, 3.63) is 88.9 Å². The quantitative estimate of drug-likeness (QED) is 0.0914. The fourth-order valence-electron chi connectivity index (χ4n) is 4.40. The summed E-state index contributed by atoms with van der Waals surface area (Å²) in [5.41, 5.74) is 7.17. The van der Waals surface area contributed by atoms with Crippen molar-refractivity contribution in [2.75, 3.05) is 24.0 Å². The molecule has 1 aromatic heterocycles. The van der Waals surface area contributed by atoms with Crippen molar-refractivity contribution in [1.82, 2.24) is 19.6 Å². The Labute approximate surface area is 257 Å². The maximum atomic E-state index is 13.7. The van der Waals surface area contributed by atoms with Crippen molar-refractivity contribution in [3.63, 3.8) is 0 Å². The van der Waals surface area contributed by atoms with Crippen LogP contribution in [-0.4, -0.2) is 78.5 Å². The number of halogens is 1. The molecule has 1 fully saturated rings. The lowest BCUT2D eigenvalue weighted by Gasteiger charge is -2.49.